The Morgan fingerprint density at radius 2 is 2.08 bits per heavy atom. The van der Waals surface area contributed by atoms with E-state index < -0.39 is 0 Å². The Kier molecular flexibility index (Phi) is 5.15. The third-order valence-electron chi connectivity index (χ3n) is 3.88. The number of hydrogen-bond acceptors (Lipinski definition) is 5. The highest BCUT2D eigenvalue weighted by Crippen LogP contribution is 2.24. The maximum atomic E-state index is 11.3. The number of hydrogen-bond donors (Lipinski definition) is 2. The molecule has 5 nitrogen and oxygen atoms in total. The zero-order valence-electron chi connectivity index (χ0n) is 13.4. The minimum absolute atomic E-state index is 0.114. The van der Waals surface area contributed by atoms with Gasteiger partial charge < -0.3 is 10.1 Å². The van der Waals surface area contributed by atoms with Gasteiger partial charge in [0.2, 0.25) is 0 Å². The van der Waals surface area contributed by atoms with Gasteiger partial charge in [-0.25, -0.2) is 0 Å². The van der Waals surface area contributed by atoms with Gasteiger partial charge in [-0.2, -0.15) is 0 Å². The van der Waals surface area contributed by atoms with E-state index in [-0.39, 0.29) is 16.3 Å². The fourth-order valence-corrected chi connectivity index (χ4v) is 3.41. The minimum atomic E-state index is -0.144. The van der Waals surface area contributed by atoms with Gasteiger partial charge in [0.05, 0.1) is 11.9 Å². The van der Waals surface area contributed by atoms with Gasteiger partial charge in [0.1, 0.15) is 11.6 Å². The molecule has 0 saturated carbocycles. The highest BCUT2D eigenvalue weighted by Gasteiger charge is 2.28. The van der Waals surface area contributed by atoms with Gasteiger partial charge in [-0.05, 0) is 42.7 Å². The molecule has 2 N–H and O–H groups in total. The van der Waals surface area contributed by atoms with Crippen LogP contribution in [0.3, 0.4) is 0 Å². The van der Waals surface area contributed by atoms with Gasteiger partial charge >= 0.3 is 0 Å². The molecule has 1 aliphatic heterocycles. The number of aromatic nitrogens is 1. The minimum Gasteiger partial charge on any atom is -0.493 e. The first-order valence-electron chi connectivity index (χ1n) is 7.80. The molecular formula is C18H19N3O2S. The van der Waals surface area contributed by atoms with E-state index in [9.17, 15) is 4.79 Å². The van der Waals surface area contributed by atoms with Crippen molar-refractivity contribution in [2.45, 2.75) is 25.0 Å². The van der Waals surface area contributed by atoms with Crippen LogP contribution < -0.4 is 10.1 Å². The molecule has 1 atom stereocenters. The molecule has 6 heteroatoms. The summed E-state index contributed by atoms with van der Waals surface area (Å²) in [5, 5.41) is 10.00. The van der Waals surface area contributed by atoms with Gasteiger partial charge in [0.15, 0.2) is 0 Å². The normalized spacial score (nSPS) is 17.0. The molecule has 124 valence electrons. The van der Waals surface area contributed by atoms with Crippen LogP contribution in [-0.2, 0) is 12.8 Å². The number of thioether (sulfide) groups is 1. The zero-order valence-corrected chi connectivity index (χ0v) is 14.2. The van der Waals surface area contributed by atoms with Gasteiger partial charge in [-0.3, -0.25) is 15.2 Å². The average Bonchev–Trinajstić information content (AvgIpc) is 2.88. The van der Waals surface area contributed by atoms with Crippen molar-refractivity contribution < 1.29 is 9.53 Å². The van der Waals surface area contributed by atoms with Crippen LogP contribution >= 0.6 is 11.8 Å². The summed E-state index contributed by atoms with van der Waals surface area (Å²) in [5.74, 6) is 1.10. The van der Waals surface area contributed by atoms with Gasteiger partial charge in [-0.1, -0.05) is 30.0 Å². The van der Waals surface area contributed by atoms with Crippen molar-refractivity contribution in [1.29, 1.82) is 5.41 Å². The number of amides is 1. The van der Waals surface area contributed by atoms with Crippen molar-refractivity contribution in [3.63, 3.8) is 0 Å². The van der Waals surface area contributed by atoms with Crippen molar-refractivity contribution in [3.8, 4) is 5.75 Å². The van der Waals surface area contributed by atoms with Gasteiger partial charge in [0, 0.05) is 18.3 Å². The lowest BCUT2D eigenvalue weighted by molar-refractivity contribution is 0.265. The smallest absolute Gasteiger partial charge is 0.285 e. The fourth-order valence-electron chi connectivity index (χ4n) is 2.53. The fraction of sp³-hybridized carbons (Fsp3) is 0.278. The Morgan fingerprint density at radius 3 is 2.75 bits per heavy atom. The molecule has 0 radical (unpaired) electrons. The number of amidine groups is 1. The summed E-state index contributed by atoms with van der Waals surface area (Å²) >= 11 is 1.17. The number of benzene rings is 1. The van der Waals surface area contributed by atoms with E-state index in [4.69, 9.17) is 10.1 Å². The molecule has 24 heavy (non-hydrogen) atoms. The maximum absolute atomic E-state index is 11.3. The van der Waals surface area contributed by atoms with E-state index in [1.54, 1.807) is 6.20 Å². The molecule has 1 aliphatic rings. The number of carbonyl (C=O) groups excluding carboxylic acids is 1. The monoisotopic (exact) mass is 341 g/mol. The predicted molar refractivity (Wildman–Crippen MR) is 96.0 cm³/mol. The molecule has 0 bridgehead atoms. The molecule has 1 unspecified atom stereocenters. The van der Waals surface area contributed by atoms with E-state index >= 15 is 0 Å². The highest BCUT2D eigenvalue weighted by molar-refractivity contribution is 8.15. The summed E-state index contributed by atoms with van der Waals surface area (Å²) < 4.78 is 5.77. The second-order valence-corrected chi connectivity index (χ2v) is 6.82. The van der Waals surface area contributed by atoms with Crippen molar-refractivity contribution in [2.24, 2.45) is 0 Å². The number of rotatable bonds is 6. The van der Waals surface area contributed by atoms with Crippen LogP contribution in [0.4, 0.5) is 4.79 Å². The lowest BCUT2D eigenvalue weighted by atomic mass is 10.1. The molecule has 3 rings (SSSR count). The van der Waals surface area contributed by atoms with Crippen molar-refractivity contribution >= 4 is 22.8 Å². The van der Waals surface area contributed by atoms with Gasteiger partial charge in [0.25, 0.3) is 5.24 Å². The summed E-state index contributed by atoms with van der Waals surface area (Å²) in [4.78, 5) is 15.6. The number of aryl methyl sites for hydroxylation is 1. The van der Waals surface area contributed by atoms with Crippen molar-refractivity contribution in [2.75, 3.05) is 6.61 Å². The molecule has 2 aromatic rings. The Morgan fingerprint density at radius 1 is 1.29 bits per heavy atom. The lowest BCUT2D eigenvalue weighted by Gasteiger charge is -2.10. The average molecular weight is 341 g/mol. The lowest BCUT2D eigenvalue weighted by Crippen LogP contribution is -2.24. The van der Waals surface area contributed by atoms with Crippen LogP contribution in [0, 0.1) is 12.3 Å². The third-order valence-corrected chi connectivity index (χ3v) is 4.88. The number of carbonyl (C=O) groups is 1. The van der Waals surface area contributed by atoms with Crippen molar-refractivity contribution in [1.82, 2.24) is 10.3 Å². The summed E-state index contributed by atoms with van der Waals surface area (Å²) in [5.41, 5.74) is 3.32. The second kappa shape index (κ2) is 7.49. The molecule has 1 aromatic carbocycles. The highest BCUT2D eigenvalue weighted by atomic mass is 32.2. The number of nitrogens with one attached hydrogen (secondary N) is 2. The van der Waals surface area contributed by atoms with Crippen LogP contribution in [0.5, 0.6) is 5.75 Å². The summed E-state index contributed by atoms with van der Waals surface area (Å²) in [6.07, 6.45) is 3.24. The Labute approximate surface area is 145 Å². The summed E-state index contributed by atoms with van der Waals surface area (Å²) in [6, 6.07) is 11.8. The molecular weight excluding hydrogens is 322 g/mol. The van der Waals surface area contributed by atoms with Crippen LogP contribution in [0.25, 0.3) is 0 Å². The molecule has 1 saturated heterocycles. The molecule has 1 fully saturated rings. The first-order valence-corrected chi connectivity index (χ1v) is 8.68. The predicted octanol–water partition coefficient (Wildman–Crippen LogP) is 3.36. The standard InChI is InChI=1S/C18H19N3O2S/c1-12-3-2-9-20-15(12)8-10-23-14-6-4-13(5-7-14)11-16-17(19)21-18(22)24-16/h2-7,9,16H,8,10-11H2,1H3,(H2,19,21,22). The largest absolute Gasteiger partial charge is 0.493 e. The number of pyridine rings is 1. The molecule has 0 aliphatic carbocycles. The maximum Gasteiger partial charge on any atom is 0.285 e. The first kappa shape index (κ1) is 16.5. The van der Waals surface area contributed by atoms with E-state index in [2.05, 4.69) is 23.3 Å². The van der Waals surface area contributed by atoms with Gasteiger partial charge in [-0.15, -0.1) is 0 Å². The Hall–Kier alpha value is -2.34. The van der Waals surface area contributed by atoms with E-state index in [1.807, 2.05) is 30.3 Å². The topological polar surface area (TPSA) is 75.1 Å². The quantitative estimate of drug-likeness (QED) is 0.845. The first-order chi connectivity index (χ1) is 11.6. The Bertz CT molecular complexity index is 746. The summed E-state index contributed by atoms with van der Waals surface area (Å²) in [7, 11) is 0. The molecule has 0 spiro atoms. The van der Waals surface area contributed by atoms with Crippen LogP contribution in [-0.4, -0.2) is 27.9 Å². The zero-order chi connectivity index (χ0) is 16.9. The van der Waals surface area contributed by atoms with E-state index in [1.165, 1.54) is 17.3 Å². The van der Waals surface area contributed by atoms with Crippen molar-refractivity contribution in [3.05, 3.63) is 59.4 Å². The molecule has 1 amide bonds. The van der Waals surface area contributed by atoms with Crippen LogP contribution in [0.15, 0.2) is 42.6 Å². The Balaban J connectivity index is 1.50. The second-order valence-electron chi connectivity index (χ2n) is 5.65. The van der Waals surface area contributed by atoms with Crippen LogP contribution in [0.1, 0.15) is 16.8 Å². The third kappa shape index (κ3) is 4.14. The SMILES string of the molecule is Cc1cccnc1CCOc1ccc(CC2SC(=O)NC2=N)cc1. The summed E-state index contributed by atoms with van der Waals surface area (Å²) in [6.45, 7) is 2.63. The van der Waals surface area contributed by atoms with E-state index in [0.29, 0.717) is 13.0 Å². The molecule has 1 aromatic heterocycles. The molecule has 2 heterocycles. The van der Waals surface area contributed by atoms with Crippen LogP contribution in [0.2, 0.25) is 0 Å². The number of nitrogens with zero attached hydrogens (tertiary/aromatic N) is 1. The number of ether oxygens (including phenoxy) is 1. The van der Waals surface area contributed by atoms with E-state index in [0.717, 1.165) is 23.4 Å².